The van der Waals surface area contributed by atoms with Gasteiger partial charge in [0.15, 0.2) is 0 Å². The Balaban J connectivity index is 2.93. The highest BCUT2D eigenvalue weighted by Gasteiger charge is 2.17. The van der Waals surface area contributed by atoms with E-state index in [0.717, 1.165) is 0 Å². The van der Waals surface area contributed by atoms with E-state index in [4.69, 9.17) is 11.6 Å². The van der Waals surface area contributed by atoms with E-state index < -0.39 is 0 Å². The molecule has 0 aliphatic rings. The summed E-state index contributed by atoms with van der Waals surface area (Å²) in [7, 11) is 0. The number of alkyl halides is 1. The normalized spacial score (nSPS) is 11.7. The van der Waals surface area contributed by atoms with E-state index in [-0.39, 0.29) is 5.54 Å². The summed E-state index contributed by atoms with van der Waals surface area (Å²) < 4.78 is 0. The van der Waals surface area contributed by atoms with E-state index in [0.29, 0.717) is 17.3 Å². The van der Waals surface area contributed by atoms with Crippen molar-refractivity contribution in [3.8, 4) is 0 Å². The summed E-state index contributed by atoms with van der Waals surface area (Å²) >= 11 is 5.59. The molecule has 0 saturated heterocycles. The molecular weight excluding hydrogens is 188 g/mol. The fraction of sp³-hybridized carbons (Fsp3) is 0.625. The minimum atomic E-state index is -0.155. The molecule has 0 radical (unpaired) electrons. The molecule has 5 heteroatoms. The first-order valence-corrected chi connectivity index (χ1v) is 4.53. The van der Waals surface area contributed by atoms with Crippen molar-refractivity contribution in [2.24, 2.45) is 0 Å². The number of halogens is 1. The number of hydrogen-bond acceptors (Lipinski definition) is 3. The second-order valence-corrected chi connectivity index (χ2v) is 4.08. The van der Waals surface area contributed by atoms with Crippen LogP contribution in [0.5, 0.6) is 0 Å². The average molecular weight is 201 g/mol. The molecule has 1 rings (SSSR count). The molecule has 0 N–H and O–H groups in total. The maximum absolute atomic E-state index is 5.59. The maximum Gasteiger partial charge on any atom is 0.201 e. The van der Waals surface area contributed by atoms with E-state index in [2.05, 4.69) is 22.0 Å². The van der Waals surface area contributed by atoms with Crippen molar-refractivity contribution in [2.45, 2.75) is 26.3 Å². The van der Waals surface area contributed by atoms with Crippen LogP contribution in [0.3, 0.4) is 0 Å². The minimum Gasteiger partial charge on any atom is -0.158 e. The zero-order valence-corrected chi connectivity index (χ0v) is 8.84. The largest absolute Gasteiger partial charge is 0.201 e. The van der Waals surface area contributed by atoms with Crippen molar-refractivity contribution < 1.29 is 0 Å². The van der Waals surface area contributed by atoms with Crippen molar-refractivity contribution in [3.05, 3.63) is 12.4 Å². The van der Waals surface area contributed by atoms with Gasteiger partial charge in [-0.3, -0.25) is 0 Å². The zero-order valence-electron chi connectivity index (χ0n) is 8.08. The van der Waals surface area contributed by atoms with Gasteiger partial charge in [-0.2, -0.15) is 4.80 Å². The van der Waals surface area contributed by atoms with E-state index in [1.54, 1.807) is 4.80 Å². The third-order valence-electron chi connectivity index (χ3n) is 1.49. The van der Waals surface area contributed by atoms with Gasteiger partial charge in [-0.15, -0.1) is 21.8 Å². The lowest BCUT2D eigenvalue weighted by molar-refractivity contribution is 0.306. The molecule has 0 aliphatic heterocycles. The van der Waals surface area contributed by atoms with Crippen LogP contribution < -0.4 is 0 Å². The molecule has 1 heterocycles. The number of aromatic nitrogens is 4. The molecular formula is C8H13ClN4. The van der Waals surface area contributed by atoms with Gasteiger partial charge in [-0.25, -0.2) is 0 Å². The first-order valence-electron chi connectivity index (χ1n) is 4.00. The summed E-state index contributed by atoms with van der Waals surface area (Å²) in [4.78, 5) is 1.56. The molecule has 0 aliphatic carbocycles. The Morgan fingerprint density at radius 3 is 2.54 bits per heavy atom. The van der Waals surface area contributed by atoms with Gasteiger partial charge in [0.05, 0.1) is 11.4 Å². The minimum absolute atomic E-state index is 0.155. The molecule has 72 valence electrons. The third kappa shape index (κ3) is 2.28. The highest BCUT2D eigenvalue weighted by Crippen LogP contribution is 2.12. The van der Waals surface area contributed by atoms with Gasteiger partial charge in [0, 0.05) is 5.57 Å². The van der Waals surface area contributed by atoms with Gasteiger partial charge in [0.1, 0.15) is 0 Å². The second kappa shape index (κ2) is 3.46. The molecule has 0 spiro atoms. The van der Waals surface area contributed by atoms with E-state index in [9.17, 15) is 0 Å². The van der Waals surface area contributed by atoms with Gasteiger partial charge in [0.25, 0.3) is 0 Å². The van der Waals surface area contributed by atoms with Crippen LogP contribution in [0.15, 0.2) is 6.58 Å². The fourth-order valence-corrected chi connectivity index (χ4v) is 0.819. The van der Waals surface area contributed by atoms with Crippen LogP contribution in [-0.4, -0.2) is 26.1 Å². The van der Waals surface area contributed by atoms with Gasteiger partial charge in [-0.1, -0.05) is 6.58 Å². The monoisotopic (exact) mass is 200 g/mol. The molecule has 0 unspecified atom stereocenters. The lowest BCUT2D eigenvalue weighted by atomic mass is 10.1. The quantitative estimate of drug-likeness (QED) is 0.683. The first-order chi connectivity index (χ1) is 5.95. The summed E-state index contributed by atoms with van der Waals surface area (Å²) in [5, 5.41) is 11.9. The van der Waals surface area contributed by atoms with Gasteiger partial charge in [-0.05, 0) is 26.0 Å². The Labute approximate surface area is 82.6 Å². The molecule has 0 aromatic carbocycles. The number of allylic oxidation sites excluding steroid dienone is 1. The van der Waals surface area contributed by atoms with Gasteiger partial charge in [0.2, 0.25) is 5.82 Å². The van der Waals surface area contributed by atoms with Crippen molar-refractivity contribution in [2.75, 3.05) is 5.88 Å². The smallest absolute Gasteiger partial charge is 0.158 e. The van der Waals surface area contributed by atoms with Crippen molar-refractivity contribution in [3.63, 3.8) is 0 Å². The van der Waals surface area contributed by atoms with E-state index in [1.807, 2.05) is 20.8 Å². The SMILES string of the molecule is C=C(CCl)c1nnn(C(C)(C)C)n1. The van der Waals surface area contributed by atoms with Crippen LogP contribution in [0.2, 0.25) is 0 Å². The van der Waals surface area contributed by atoms with Crippen molar-refractivity contribution in [1.82, 2.24) is 20.2 Å². The van der Waals surface area contributed by atoms with E-state index >= 15 is 0 Å². The Kier molecular flexibility index (Phi) is 2.71. The first kappa shape index (κ1) is 10.2. The van der Waals surface area contributed by atoms with E-state index in [1.165, 1.54) is 0 Å². The van der Waals surface area contributed by atoms with Crippen molar-refractivity contribution >= 4 is 17.2 Å². The molecule has 13 heavy (non-hydrogen) atoms. The lowest BCUT2D eigenvalue weighted by Gasteiger charge is -2.15. The Bertz CT molecular complexity index is 310. The molecule has 0 atom stereocenters. The van der Waals surface area contributed by atoms with Gasteiger partial charge >= 0.3 is 0 Å². The maximum atomic E-state index is 5.59. The predicted octanol–water partition coefficient (Wildman–Crippen LogP) is 1.68. The van der Waals surface area contributed by atoms with Crippen LogP contribution in [0.1, 0.15) is 26.6 Å². The summed E-state index contributed by atoms with van der Waals surface area (Å²) in [6.45, 7) is 9.73. The van der Waals surface area contributed by atoms with Crippen LogP contribution in [0.4, 0.5) is 0 Å². The van der Waals surface area contributed by atoms with Crippen molar-refractivity contribution in [1.29, 1.82) is 0 Å². The van der Waals surface area contributed by atoms with Crippen LogP contribution in [0.25, 0.3) is 5.57 Å². The third-order valence-corrected chi connectivity index (χ3v) is 1.81. The molecule has 0 fully saturated rings. The average Bonchev–Trinajstić information content (AvgIpc) is 2.50. The second-order valence-electron chi connectivity index (χ2n) is 3.81. The Morgan fingerprint density at radius 2 is 2.15 bits per heavy atom. The summed E-state index contributed by atoms with van der Waals surface area (Å²) in [6.07, 6.45) is 0. The molecule has 1 aromatic rings. The molecule has 4 nitrogen and oxygen atoms in total. The summed E-state index contributed by atoms with van der Waals surface area (Å²) in [6, 6.07) is 0. The van der Waals surface area contributed by atoms with Gasteiger partial charge < -0.3 is 0 Å². The highest BCUT2D eigenvalue weighted by molar-refractivity contribution is 6.22. The molecule has 0 bridgehead atoms. The van der Waals surface area contributed by atoms with Crippen LogP contribution in [0, 0.1) is 0 Å². The Hall–Kier alpha value is -0.900. The number of tetrazole rings is 1. The fourth-order valence-electron chi connectivity index (χ4n) is 0.700. The summed E-state index contributed by atoms with van der Waals surface area (Å²) in [5.74, 6) is 0.848. The zero-order chi connectivity index (χ0) is 10.1. The highest BCUT2D eigenvalue weighted by atomic mass is 35.5. The summed E-state index contributed by atoms with van der Waals surface area (Å²) in [5.41, 5.74) is 0.537. The predicted molar refractivity (Wildman–Crippen MR) is 52.6 cm³/mol. The van der Waals surface area contributed by atoms with Crippen LogP contribution >= 0.6 is 11.6 Å². The standard InChI is InChI=1S/C8H13ClN4/c1-6(5-9)7-10-12-13(11-7)8(2,3)4/h1,5H2,2-4H3. The number of hydrogen-bond donors (Lipinski definition) is 0. The molecule has 0 saturated carbocycles. The molecule has 0 amide bonds. The number of nitrogens with zero attached hydrogens (tertiary/aromatic N) is 4. The molecule has 1 aromatic heterocycles. The number of rotatable bonds is 2. The lowest BCUT2D eigenvalue weighted by Crippen LogP contribution is -2.24. The topological polar surface area (TPSA) is 43.6 Å². The Morgan fingerprint density at radius 1 is 1.54 bits per heavy atom. The van der Waals surface area contributed by atoms with Crippen LogP contribution in [-0.2, 0) is 5.54 Å².